The molecule has 3 rings (SSSR count). The quantitative estimate of drug-likeness (QED) is 0.222. The summed E-state index contributed by atoms with van der Waals surface area (Å²) in [7, 11) is 5.70. The van der Waals surface area contributed by atoms with Crippen molar-refractivity contribution >= 4 is 11.9 Å². The number of unbranched alkanes of at least 4 members (excludes halogenated alkanes) is 2. The number of ether oxygens (including phenoxy) is 3. The van der Waals surface area contributed by atoms with E-state index in [9.17, 15) is 14.7 Å². The van der Waals surface area contributed by atoms with Crippen molar-refractivity contribution in [1.29, 1.82) is 0 Å². The van der Waals surface area contributed by atoms with Crippen molar-refractivity contribution in [3.8, 4) is 17.2 Å². The van der Waals surface area contributed by atoms with Crippen LogP contribution in [0.2, 0.25) is 0 Å². The summed E-state index contributed by atoms with van der Waals surface area (Å²) in [5.41, 5.74) is 0.595. The van der Waals surface area contributed by atoms with E-state index >= 15 is 0 Å². The minimum Gasteiger partial charge on any atom is -0.493 e. The minimum absolute atomic E-state index is 0.0743. The number of methoxy groups -OCH3 is 1. The summed E-state index contributed by atoms with van der Waals surface area (Å²) in [6, 6.07) is 3.43. The van der Waals surface area contributed by atoms with Crippen LogP contribution in [0.4, 0.5) is 0 Å². The van der Waals surface area contributed by atoms with Crippen molar-refractivity contribution in [2.24, 2.45) is 11.3 Å². The lowest BCUT2D eigenvalue weighted by molar-refractivity contribution is -0.144. The molecule has 0 spiro atoms. The second-order valence-corrected chi connectivity index (χ2v) is 12.4. The smallest absolute Gasteiger partial charge is 0.308 e. The largest absolute Gasteiger partial charge is 0.493 e. The fraction of sp³-hybridized carbons (Fsp3) is 0.688. The Morgan fingerprint density at radius 3 is 2.49 bits per heavy atom. The Bertz CT molecular complexity index is 1060. The highest BCUT2D eigenvalue weighted by Gasteiger charge is 2.49. The molecule has 9 nitrogen and oxygen atoms in total. The monoisotopic (exact) mass is 573 g/mol. The molecule has 1 N–H and O–H groups in total. The highest BCUT2D eigenvalue weighted by atomic mass is 16.7. The molecule has 9 heteroatoms. The molecule has 0 aliphatic carbocycles. The molecule has 0 radical (unpaired) electrons. The third-order valence-electron chi connectivity index (χ3n) is 8.25. The van der Waals surface area contributed by atoms with E-state index in [0.29, 0.717) is 30.2 Å². The minimum atomic E-state index is -0.852. The highest BCUT2D eigenvalue weighted by Crippen LogP contribution is 2.48. The number of carboxylic acid groups (broad SMARTS) is 1. The van der Waals surface area contributed by atoms with Crippen LogP contribution in [-0.2, 0) is 9.59 Å². The molecule has 0 bridgehead atoms. The number of nitrogens with zero attached hydrogens (tertiary/aromatic N) is 3. The molecule has 230 valence electrons. The maximum Gasteiger partial charge on any atom is 0.308 e. The summed E-state index contributed by atoms with van der Waals surface area (Å²) in [5, 5.41) is 10.6. The molecule has 0 saturated carbocycles. The number of rotatable bonds is 16. The Kier molecular flexibility index (Phi) is 11.9. The number of amides is 1. The molecule has 1 saturated heterocycles. The number of carboxylic acids is 1. The molecule has 0 aromatic heterocycles. The van der Waals surface area contributed by atoms with Crippen molar-refractivity contribution < 1.29 is 28.9 Å². The summed E-state index contributed by atoms with van der Waals surface area (Å²) in [5.74, 6) is -0.171. The SMILES string of the molecule is C/C=C/C(C)(C)C[C@H]1[C@H](C(=O)O)[C@@H](c2cc(OC)c3c(c2)OCO3)CN1CC(=O)N(CCCC)CCCCN(C)C. The number of carbonyl (C=O) groups is 2. The highest BCUT2D eigenvalue weighted by molar-refractivity contribution is 5.79. The third-order valence-corrected chi connectivity index (χ3v) is 8.25. The van der Waals surface area contributed by atoms with Gasteiger partial charge in [-0.25, -0.2) is 0 Å². The lowest BCUT2D eigenvalue weighted by Gasteiger charge is -2.34. The molecule has 2 aliphatic heterocycles. The van der Waals surface area contributed by atoms with Gasteiger partial charge in [0.15, 0.2) is 11.5 Å². The summed E-state index contributed by atoms with van der Waals surface area (Å²) in [4.78, 5) is 33.0. The van der Waals surface area contributed by atoms with E-state index in [1.165, 1.54) is 0 Å². The Labute approximate surface area is 246 Å². The van der Waals surface area contributed by atoms with Gasteiger partial charge in [0.05, 0.1) is 19.6 Å². The van der Waals surface area contributed by atoms with E-state index in [-0.39, 0.29) is 36.6 Å². The predicted molar refractivity (Wildman–Crippen MR) is 161 cm³/mol. The van der Waals surface area contributed by atoms with E-state index in [1.54, 1.807) is 7.11 Å². The number of likely N-dealkylation sites (tertiary alicyclic amines) is 1. The molecular weight excluding hydrogens is 522 g/mol. The van der Waals surface area contributed by atoms with Crippen LogP contribution in [0.15, 0.2) is 24.3 Å². The van der Waals surface area contributed by atoms with E-state index < -0.39 is 11.9 Å². The van der Waals surface area contributed by atoms with E-state index in [4.69, 9.17) is 14.2 Å². The number of hydrogen-bond donors (Lipinski definition) is 1. The van der Waals surface area contributed by atoms with Gasteiger partial charge in [0.1, 0.15) is 0 Å². The first-order valence-electron chi connectivity index (χ1n) is 15.0. The van der Waals surface area contributed by atoms with Crippen LogP contribution in [0.1, 0.15) is 71.3 Å². The molecule has 3 atom stereocenters. The standard InChI is InChI=1S/C32H51N3O6/c1-8-10-15-34(16-12-11-14-33(5)6)28(36)21-35-20-24(23-17-26(39-7)30-27(18-23)40-22-41-30)29(31(37)38)25(35)19-32(3,4)13-9-2/h9,13,17-18,24-25,29H,8,10-12,14-16,19-22H2,1-7H3,(H,37,38)/b13-9+/t24-,25+,29-/m1/s1. The van der Waals surface area contributed by atoms with Gasteiger partial charge in [0.25, 0.3) is 0 Å². The van der Waals surface area contributed by atoms with Crippen LogP contribution in [-0.4, -0.2) is 98.4 Å². The zero-order chi connectivity index (χ0) is 30.2. The van der Waals surface area contributed by atoms with Crippen LogP contribution in [0, 0.1) is 11.3 Å². The predicted octanol–water partition coefficient (Wildman–Crippen LogP) is 4.86. The van der Waals surface area contributed by atoms with Crippen LogP contribution in [0.5, 0.6) is 17.2 Å². The van der Waals surface area contributed by atoms with Gasteiger partial charge in [-0.15, -0.1) is 0 Å². The first kappa shape index (κ1) is 32.7. The van der Waals surface area contributed by atoms with Gasteiger partial charge in [-0.2, -0.15) is 0 Å². The van der Waals surface area contributed by atoms with Crippen LogP contribution in [0.3, 0.4) is 0 Å². The lowest BCUT2D eigenvalue weighted by atomic mass is 9.77. The number of carbonyl (C=O) groups excluding carboxylic acids is 1. The van der Waals surface area contributed by atoms with Gasteiger partial charge in [0.2, 0.25) is 18.4 Å². The van der Waals surface area contributed by atoms with Gasteiger partial charge >= 0.3 is 5.97 Å². The Morgan fingerprint density at radius 2 is 1.85 bits per heavy atom. The van der Waals surface area contributed by atoms with Gasteiger partial charge in [-0.05, 0) is 76.4 Å². The molecule has 2 heterocycles. The van der Waals surface area contributed by atoms with Crippen molar-refractivity contribution in [1.82, 2.24) is 14.7 Å². The van der Waals surface area contributed by atoms with Crippen molar-refractivity contribution in [2.45, 2.75) is 71.8 Å². The molecule has 41 heavy (non-hydrogen) atoms. The first-order valence-corrected chi connectivity index (χ1v) is 15.0. The molecule has 1 fully saturated rings. The summed E-state index contributed by atoms with van der Waals surface area (Å²) in [6.07, 6.45) is 8.71. The van der Waals surface area contributed by atoms with Crippen molar-refractivity contribution in [2.75, 3.05) is 60.7 Å². The molecule has 0 unspecified atom stereocenters. The number of hydrogen-bond acceptors (Lipinski definition) is 7. The number of fused-ring (bicyclic) bond motifs is 1. The Hall–Kier alpha value is -2.78. The molecule has 1 aromatic carbocycles. The second-order valence-electron chi connectivity index (χ2n) is 12.4. The molecule has 2 aliphatic rings. The number of aliphatic carboxylic acids is 1. The normalized spacial score (nSPS) is 20.7. The molecule has 1 aromatic rings. The topological polar surface area (TPSA) is 91.8 Å². The van der Waals surface area contributed by atoms with Crippen LogP contribution < -0.4 is 14.2 Å². The molecule has 1 amide bonds. The van der Waals surface area contributed by atoms with Crippen LogP contribution in [0.25, 0.3) is 0 Å². The Balaban J connectivity index is 1.92. The first-order chi connectivity index (χ1) is 19.5. The summed E-state index contributed by atoms with van der Waals surface area (Å²) >= 11 is 0. The fourth-order valence-electron chi connectivity index (χ4n) is 6.22. The average Bonchev–Trinajstić information content (AvgIpc) is 3.52. The lowest BCUT2D eigenvalue weighted by Crippen LogP contribution is -2.46. The van der Waals surface area contributed by atoms with Gasteiger partial charge in [0, 0.05) is 31.6 Å². The number of benzene rings is 1. The number of allylic oxidation sites excluding steroid dienone is 2. The van der Waals surface area contributed by atoms with E-state index in [0.717, 1.165) is 50.9 Å². The Morgan fingerprint density at radius 1 is 1.15 bits per heavy atom. The van der Waals surface area contributed by atoms with Crippen molar-refractivity contribution in [3.05, 3.63) is 29.8 Å². The fourth-order valence-corrected chi connectivity index (χ4v) is 6.22. The maximum atomic E-state index is 13.8. The van der Waals surface area contributed by atoms with Gasteiger partial charge in [-0.3, -0.25) is 14.5 Å². The summed E-state index contributed by atoms with van der Waals surface area (Å²) in [6.45, 7) is 11.6. The zero-order valence-corrected chi connectivity index (χ0v) is 26.1. The van der Waals surface area contributed by atoms with E-state index in [2.05, 4.69) is 50.7 Å². The summed E-state index contributed by atoms with van der Waals surface area (Å²) < 4.78 is 16.8. The average molecular weight is 574 g/mol. The van der Waals surface area contributed by atoms with Gasteiger partial charge in [-0.1, -0.05) is 39.3 Å². The third kappa shape index (κ3) is 8.61. The zero-order valence-electron chi connectivity index (χ0n) is 26.1. The second kappa shape index (κ2) is 14.9. The van der Waals surface area contributed by atoms with E-state index in [1.807, 2.05) is 30.0 Å². The molecular formula is C32H51N3O6. The maximum absolute atomic E-state index is 13.8. The van der Waals surface area contributed by atoms with Crippen LogP contribution >= 0.6 is 0 Å². The van der Waals surface area contributed by atoms with Gasteiger partial charge < -0.3 is 29.1 Å². The van der Waals surface area contributed by atoms with Crippen molar-refractivity contribution in [3.63, 3.8) is 0 Å².